The zero-order valence-electron chi connectivity index (χ0n) is 15.2. The van der Waals surface area contributed by atoms with Crippen LogP contribution in [0.15, 0.2) is 48.6 Å². The molecule has 0 aliphatic carbocycles. The molecule has 3 heteroatoms. The summed E-state index contributed by atoms with van der Waals surface area (Å²) in [6, 6.07) is 4.68. The predicted octanol–water partition coefficient (Wildman–Crippen LogP) is 6.36. The van der Waals surface area contributed by atoms with E-state index in [-0.39, 0.29) is 11.3 Å². The number of carbonyl (C=O) groups is 1. The molecule has 0 aromatic heterocycles. The van der Waals surface area contributed by atoms with Crippen molar-refractivity contribution in [2.75, 3.05) is 0 Å². The van der Waals surface area contributed by atoms with Crippen LogP contribution >= 0.6 is 0 Å². The van der Waals surface area contributed by atoms with Gasteiger partial charge >= 0.3 is 5.97 Å². The van der Waals surface area contributed by atoms with Crippen LogP contribution in [0.4, 0.5) is 0 Å². The summed E-state index contributed by atoms with van der Waals surface area (Å²) in [6.45, 7) is 2.24. The number of aromatic carboxylic acids is 1. The van der Waals surface area contributed by atoms with Crippen molar-refractivity contribution in [1.82, 2.24) is 0 Å². The summed E-state index contributed by atoms with van der Waals surface area (Å²) in [5, 5.41) is 18.7. The molecule has 136 valence electrons. The monoisotopic (exact) mass is 342 g/mol. The van der Waals surface area contributed by atoms with Gasteiger partial charge in [-0.15, -0.1) is 0 Å². The highest BCUT2D eigenvalue weighted by Crippen LogP contribution is 2.22. The summed E-state index contributed by atoms with van der Waals surface area (Å²) >= 11 is 0. The van der Waals surface area contributed by atoms with Gasteiger partial charge in [0, 0.05) is 0 Å². The number of unbranched alkanes of at least 4 members (excludes halogenated alkanes) is 7. The van der Waals surface area contributed by atoms with E-state index < -0.39 is 5.97 Å². The van der Waals surface area contributed by atoms with Crippen LogP contribution in [-0.2, 0) is 0 Å². The average molecular weight is 342 g/mol. The van der Waals surface area contributed by atoms with Gasteiger partial charge in [0.1, 0.15) is 11.3 Å². The van der Waals surface area contributed by atoms with E-state index in [9.17, 15) is 9.90 Å². The van der Waals surface area contributed by atoms with E-state index in [1.54, 1.807) is 24.3 Å². The molecule has 0 aliphatic heterocycles. The van der Waals surface area contributed by atoms with Crippen molar-refractivity contribution in [3.63, 3.8) is 0 Å². The molecule has 1 aromatic rings. The van der Waals surface area contributed by atoms with Gasteiger partial charge in [-0.3, -0.25) is 0 Å². The molecule has 3 nitrogen and oxygen atoms in total. The molecule has 1 aromatic carbocycles. The minimum absolute atomic E-state index is 0.0679. The molecule has 0 atom stereocenters. The Bertz CT molecular complexity index is 597. The number of benzene rings is 1. The molecular formula is C22H30O3. The molecule has 25 heavy (non-hydrogen) atoms. The standard InChI is InChI=1S/C22H30O3/c1-2-3-4-5-6-7-8-9-10-11-12-13-14-16-19-17-15-18-20(23)21(19)22(24)25/h10-18,23H,2-9H2,1H3,(H,24,25). The Balaban J connectivity index is 2.28. The van der Waals surface area contributed by atoms with E-state index in [0.29, 0.717) is 5.56 Å². The van der Waals surface area contributed by atoms with Gasteiger partial charge in [0.25, 0.3) is 0 Å². The fourth-order valence-corrected chi connectivity index (χ4v) is 2.61. The van der Waals surface area contributed by atoms with E-state index in [2.05, 4.69) is 13.0 Å². The number of allylic oxidation sites excluding steroid dienone is 5. The topological polar surface area (TPSA) is 57.5 Å². The lowest BCUT2D eigenvalue weighted by molar-refractivity contribution is 0.0693. The summed E-state index contributed by atoms with van der Waals surface area (Å²) in [7, 11) is 0. The number of hydrogen-bond acceptors (Lipinski definition) is 2. The fraction of sp³-hybridized carbons (Fsp3) is 0.409. The minimum atomic E-state index is -1.13. The maximum absolute atomic E-state index is 11.2. The molecule has 2 N–H and O–H groups in total. The second-order valence-corrected chi connectivity index (χ2v) is 6.13. The van der Waals surface area contributed by atoms with Crippen LogP contribution in [0, 0.1) is 0 Å². The minimum Gasteiger partial charge on any atom is -0.507 e. The van der Waals surface area contributed by atoms with Crippen LogP contribution in [-0.4, -0.2) is 16.2 Å². The molecule has 0 saturated heterocycles. The van der Waals surface area contributed by atoms with Gasteiger partial charge in [-0.25, -0.2) is 4.79 Å². The van der Waals surface area contributed by atoms with Gasteiger partial charge < -0.3 is 10.2 Å². The first-order valence-corrected chi connectivity index (χ1v) is 9.22. The van der Waals surface area contributed by atoms with Crippen molar-refractivity contribution in [3.8, 4) is 5.75 Å². The van der Waals surface area contributed by atoms with Crippen molar-refractivity contribution in [1.29, 1.82) is 0 Å². The molecule has 0 heterocycles. The van der Waals surface area contributed by atoms with Crippen LogP contribution in [0.1, 0.15) is 74.2 Å². The molecule has 0 bridgehead atoms. The largest absolute Gasteiger partial charge is 0.507 e. The van der Waals surface area contributed by atoms with E-state index in [4.69, 9.17) is 5.11 Å². The van der Waals surface area contributed by atoms with Gasteiger partial charge in [0.15, 0.2) is 0 Å². The Morgan fingerprint density at radius 1 is 0.960 bits per heavy atom. The highest BCUT2D eigenvalue weighted by atomic mass is 16.4. The van der Waals surface area contributed by atoms with E-state index in [0.717, 1.165) is 6.42 Å². The Morgan fingerprint density at radius 3 is 2.36 bits per heavy atom. The van der Waals surface area contributed by atoms with Crippen molar-refractivity contribution in [2.24, 2.45) is 0 Å². The highest BCUT2D eigenvalue weighted by molar-refractivity contribution is 5.95. The highest BCUT2D eigenvalue weighted by Gasteiger charge is 2.12. The molecule has 1 rings (SSSR count). The normalized spacial score (nSPS) is 11.9. The van der Waals surface area contributed by atoms with Gasteiger partial charge in [0.2, 0.25) is 0 Å². The lowest BCUT2D eigenvalue weighted by Gasteiger charge is -2.02. The SMILES string of the molecule is CCCCCCCCCC=CC=CC=Cc1cccc(O)c1C(=O)O. The number of aromatic hydroxyl groups is 1. The van der Waals surface area contributed by atoms with Crippen LogP contribution in [0.2, 0.25) is 0 Å². The fourth-order valence-electron chi connectivity index (χ4n) is 2.61. The van der Waals surface area contributed by atoms with Gasteiger partial charge in [-0.05, 0) is 24.5 Å². The molecule has 0 spiro atoms. The molecule has 0 radical (unpaired) electrons. The first kappa shape index (κ1) is 20.8. The smallest absolute Gasteiger partial charge is 0.340 e. The Labute approximate surface area is 151 Å². The summed E-state index contributed by atoms with van der Waals surface area (Å²) in [5.74, 6) is -1.34. The first-order valence-electron chi connectivity index (χ1n) is 9.22. The summed E-state index contributed by atoms with van der Waals surface area (Å²) in [5.41, 5.74) is 0.422. The maximum Gasteiger partial charge on any atom is 0.340 e. The Kier molecular flexibility index (Phi) is 10.8. The molecule has 0 unspecified atom stereocenters. The van der Waals surface area contributed by atoms with Crippen LogP contribution in [0.25, 0.3) is 6.08 Å². The molecule has 0 fully saturated rings. The third-order valence-electron chi connectivity index (χ3n) is 4.01. The number of hydrogen-bond donors (Lipinski definition) is 2. The van der Waals surface area contributed by atoms with Gasteiger partial charge in [-0.1, -0.05) is 94.0 Å². The van der Waals surface area contributed by atoms with Crippen molar-refractivity contribution < 1.29 is 15.0 Å². The third-order valence-corrected chi connectivity index (χ3v) is 4.01. The lowest BCUT2D eigenvalue weighted by Crippen LogP contribution is -1.99. The summed E-state index contributed by atoms with van der Waals surface area (Å²) in [6.07, 6.45) is 21.8. The summed E-state index contributed by atoms with van der Waals surface area (Å²) < 4.78 is 0. The van der Waals surface area contributed by atoms with Crippen LogP contribution in [0.3, 0.4) is 0 Å². The molecule has 0 amide bonds. The number of carboxylic acid groups (broad SMARTS) is 1. The number of rotatable bonds is 12. The van der Waals surface area contributed by atoms with E-state index in [1.807, 2.05) is 18.2 Å². The number of phenols is 1. The maximum atomic E-state index is 11.2. The van der Waals surface area contributed by atoms with Crippen molar-refractivity contribution >= 4 is 12.0 Å². The molecule has 0 saturated carbocycles. The van der Waals surface area contributed by atoms with Gasteiger partial charge in [0.05, 0.1) is 0 Å². The van der Waals surface area contributed by atoms with Crippen molar-refractivity contribution in [2.45, 2.75) is 58.3 Å². The van der Waals surface area contributed by atoms with Gasteiger partial charge in [-0.2, -0.15) is 0 Å². The van der Waals surface area contributed by atoms with E-state index in [1.165, 1.54) is 51.0 Å². The zero-order valence-corrected chi connectivity index (χ0v) is 15.2. The lowest BCUT2D eigenvalue weighted by atomic mass is 10.1. The quantitative estimate of drug-likeness (QED) is 0.343. The predicted molar refractivity (Wildman–Crippen MR) is 105 cm³/mol. The zero-order chi connectivity index (χ0) is 18.3. The van der Waals surface area contributed by atoms with Crippen LogP contribution < -0.4 is 0 Å². The Morgan fingerprint density at radius 2 is 1.64 bits per heavy atom. The van der Waals surface area contributed by atoms with E-state index >= 15 is 0 Å². The average Bonchev–Trinajstić information content (AvgIpc) is 2.58. The first-order chi connectivity index (χ1) is 12.2. The van der Waals surface area contributed by atoms with Crippen LogP contribution in [0.5, 0.6) is 5.75 Å². The molecule has 0 aliphatic rings. The number of carboxylic acids is 1. The second kappa shape index (κ2) is 13.1. The second-order valence-electron chi connectivity index (χ2n) is 6.13. The Hall–Kier alpha value is -2.29. The molecular weight excluding hydrogens is 312 g/mol. The summed E-state index contributed by atoms with van der Waals surface area (Å²) in [4.78, 5) is 11.2. The third kappa shape index (κ3) is 8.94. The van der Waals surface area contributed by atoms with Crippen molar-refractivity contribution in [3.05, 3.63) is 59.7 Å².